The van der Waals surface area contributed by atoms with Crippen LogP contribution in [0.1, 0.15) is 10.6 Å². The SMILES string of the molecule is O=C(Nc1ccc([N+](=O)[O-])cc1Cl)c1ccc(-c2ccc(Cl)cc2)o1. The van der Waals surface area contributed by atoms with Crippen LogP contribution in [0.15, 0.2) is 59.0 Å². The van der Waals surface area contributed by atoms with E-state index in [1.165, 1.54) is 24.3 Å². The molecule has 1 N–H and O–H groups in total. The van der Waals surface area contributed by atoms with Crippen molar-refractivity contribution < 1.29 is 14.1 Å². The molecule has 0 unspecified atom stereocenters. The van der Waals surface area contributed by atoms with Crippen LogP contribution in [0.4, 0.5) is 11.4 Å². The highest BCUT2D eigenvalue weighted by molar-refractivity contribution is 6.34. The summed E-state index contributed by atoms with van der Waals surface area (Å²) in [5.74, 6) is 0.0759. The number of hydrogen-bond acceptors (Lipinski definition) is 4. The van der Waals surface area contributed by atoms with Gasteiger partial charge < -0.3 is 9.73 Å². The van der Waals surface area contributed by atoms with Crippen molar-refractivity contribution in [2.75, 3.05) is 5.32 Å². The molecule has 2 aromatic carbocycles. The number of nitro benzene ring substituents is 1. The third kappa shape index (κ3) is 3.81. The molecule has 3 rings (SSSR count). The van der Waals surface area contributed by atoms with Crippen LogP contribution in [0.3, 0.4) is 0 Å². The van der Waals surface area contributed by atoms with Gasteiger partial charge in [-0.25, -0.2) is 0 Å². The Morgan fingerprint density at radius 1 is 1.04 bits per heavy atom. The normalized spacial score (nSPS) is 10.5. The van der Waals surface area contributed by atoms with Gasteiger partial charge in [0.2, 0.25) is 0 Å². The molecule has 126 valence electrons. The lowest BCUT2D eigenvalue weighted by atomic mass is 10.2. The molecule has 1 amide bonds. The van der Waals surface area contributed by atoms with Crippen LogP contribution in [0, 0.1) is 10.1 Å². The van der Waals surface area contributed by atoms with Gasteiger partial charge in [-0.05, 0) is 42.5 Å². The lowest BCUT2D eigenvalue weighted by Gasteiger charge is -2.05. The average molecular weight is 377 g/mol. The van der Waals surface area contributed by atoms with Crippen LogP contribution in [0.2, 0.25) is 10.0 Å². The van der Waals surface area contributed by atoms with Crippen molar-refractivity contribution in [1.82, 2.24) is 0 Å². The molecule has 0 bridgehead atoms. The molecule has 0 aliphatic carbocycles. The van der Waals surface area contributed by atoms with E-state index in [1.54, 1.807) is 30.3 Å². The second-order valence-corrected chi connectivity index (χ2v) is 5.89. The minimum atomic E-state index is -0.567. The highest BCUT2D eigenvalue weighted by Gasteiger charge is 2.16. The Labute approximate surface area is 152 Å². The first-order valence-corrected chi connectivity index (χ1v) is 7.81. The van der Waals surface area contributed by atoms with Crippen molar-refractivity contribution in [1.29, 1.82) is 0 Å². The smallest absolute Gasteiger partial charge is 0.291 e. The molecule has 0 atom stereocenters. The van der Waals surface area contributed by atoms with Crippen LogP contribution in [0.5, 0.6) is 0 Å². The maximum atomic E-state index is 12.3. The molecule has 0 spiro atoms. The Balaban J connectivity index is 1.78. The van der Waals surface area contributed by atoms with Crippen LogP contribution >= 0.6 is 23.2 Å². The summed E-state index contributed by atoms with van der Waals surface area (Å²) >= 11 is 11.8. The number of furan rings is 1. The average Bonchev–Trinajstić information content (AvgIpc) is 3.07. The minimum absolute atomic E-state index is 0.0621. The van der Waals surface area contributed by atoms with Gasteiger partial charge in [-0.2, -0.15) is 0 Å². The number of benzene rings is 2. The summed E-state index contributed by atoms with van der Waals surface area (Å²) < 4.78 is 5.54. The molecule has 0 aliphatic rings. The van der Waals surface area contributed by atoms with Crippen molar-refractivity contribution >= 4 is 40.5 Å². The van der Waals surface area contributed by atoms with Gasteiger partial charge in [0.25, 0.3) is 11.6 Å². The number of rotatable bonds is 4. The zero-order chi connectivity index (χ0) is 18.0. The first-order chi connectivity index (χ1) is 11.9. The molecule has 0 radical (unpaired) electrons. The van der Waals surface area contributed by atoms with Gasteiger partial charge in [-0.15, -0.1) is 0 Å². The number of carbonyl (C=O) groups excluding carboxylic acids is 1. The number of hydrogen-bond donors (Lipinski definition) is 1. The molecule has 8 heteroatoms. The van der Waals surface area contributed by atoms with Gasteiger partial charge in [0.15, 0.2) is 5.76 Å². The van der Waals surface area contributed by atoms with Crippen molar-refractivity contribution in [3.05, 3.63) is 80.5 Å². The van der Waals surface area contributed by atoms with Gasteiger partial charge in [0, 0.05) is 22.7 Å². The van der Waals surface area contributed by atoms with Gasteiger partial charge >= 0.3 is 0 Å². The number of carbonyl (C=O) groups is 1. The molecule has 1 aromatic heterocycles. The summed E-state index contributed by atoms with van der Waals surface area (Å²) in [5.41, 5.74) is 0.865. The monoisotopic (exact) mass is 376 g/mol. The number of nitro groups is 1. The molecule has 1 heterocycles. The highest BCUT2D eigenvalue weighted by Crippen LogP contribution is 2.28. The fraction of sp³-hybridized carbons (Fsp3) is 0. The zero-order valence-corrected chi connectivity index (χ0v) is 14.0. The number of halogens is 2. The Morgan fingerprint density at radius 3 is 2.40 bits per heavy atom. The molecule has 0 aliphatic heterocycles. The van der Waals surface area contributed by atoms with Crippen molar-refractivity contribution in [3.8, 4) is 11.3 Å². The third-order valence-corrected chi connectivity index (χ3v) is 3.93. The van der Waals surface area contributed by atoms with E-state index in [1.807, 2.05) is 0 Å². The largest absolute Gasteiger partial charge is 0.451 e. The van der Waals surface area contributed by atoms with Gasteiger partial charge in [0.05, 0.1) is 15.6 Å². The van der Waals surface area contributed by atoms with Crippen LogP contribution in [-0.2, 0) is 0 Å². The Morgan fingerprint density at radius 2 is 1.76 bits per heavy atom. The number of nitrogens with one attached hydrogen (secondary N) is 1. The van der Waals surface area contributed by atoms with E-state index in [2.05, 4.69) is 5.32 Å². The minimum Gasteiger partial charge on any atom is -0.451 e. The predicted octanol–water partition coefficient (Wildman–Crippen LogP) is 5.41. The van der Waals surface area contributed by atoms with Crippen LogP contribution in [-0.4, -0.2) is 10.8 Å². The first kappa shape index (κ1) is 17.0. The highest BCUT2D eigenvalue weighted by atomic mass is 35.5. The van der Waals surface area contributed by atoms with Gasteiger partial charge in [-0.3, -0.25) is 14.9 Å². The lowest BCUT2D eigenvalue weighted by molar-refractivity contribution is -0.384. The summed E-state index contributed by atoms with van der Waals surface area (Å²) in [5, 5.41) is 13.9. The van der Waals surface area contributed by atoms with E-state index in [0.717, 1.165) is 5.56 Å². The lowest BCUT2D eigenvalue weighted by Crippen LogP contribution is -2.11. The quantitative estimate of drug-likeness (QED) is 0.486. The van der Waals surface area contributed by atoms with Crippen molar-refractivity contribution in [2.45, 2.75) is 0 Å². The van der Waals surface area contributed by atoms with E-state index < -0.39 is 10.8 Å². The van der Waals surface area contributed by atoms with E-state index in [0.29, 0.717) is 10.8 Å². The van der Waals surface area contributed by atoms with E-state index in [4.69, 9.17) is 27.6 Å². The van der Waals surface area contributed by atoms with E-state index >= 15 is 0 Å². The fourth-order valence-electron chi connectivity index (χ4n) is 2.13. The van der Waals surface area contributed by atoms with Crippen molar-refractivity contribution in [3.63, 3.8) is 0 Å². The van der Waals surface area contributed by atoms with Crippen molar-refractivity contribution in [2.24, 2.45) is 0 Å². The topological polar surface area (TPSA) is 85.4 Å². The summed E-state index contributed by atoms with van der Waals surface area (Å²) in [4.78, 5) is 22.4. The number of anilines is 1. The fourth-order valence-corrected chi connectivity index (χ4v) is 2.48. The molecule has 6 nitrogen and oxygen atoms in total. The summed E-state index contributed by atoms with van der Waals surface area (Å²) in [6, 6.07) is 14.0. The zero-order valence-electron chi connectivity index (χ0n) is 12.5. The molecule has 0 saturated carbocycles. The summed E-state index contributed by atoms with van der Waals surface area (Å²) in [6.45, 7) is 0. The second-order valence-electron chi connectivity index (χ2n) is 5.05. The van der Waals surface area contributed by atoms with Gasteiger partial charge in [-0.1, -0.05) is 23.2 Å². The number of non-ortho nitro benzene ring substituents is 1. The Hall–Kier alpha value is -2.83. The summed E-state index contributed by atoms with van der Waals surface area (Å²) in [6.07, 6.45) is 0. The predicted molar refractivity (Wildman–Crippen MR) is 95.2 cm³/mol. The first-order valence-electron chi connectivity index (χ1n) is 7.05. The third-order valence-electron chi connectivity index (χ3n) is 3.37. The Bertz CT molecular complexity index is 952. The Kier molecular flexibility index (Phi) is 4.74. The van der Waals surface area contributed by atoms with E-state index in [9.17, 15) is 14.9 Å². The molecule has 3 aromatic rings. The maximum absolute atomic E-state index is 12.3. The summed E-state index contributed by atoms with van der Waals surface area (Å²) in [7, 11) is 0. The molecule has 0 saturated heterocycles. The maximum Gasteiger partial charge on any atom is 0.291 e. The van der Waals surface area contributed by atoms with Crippen LogP contribution < -0.4 is 5.32 Å². The standard InChI is InChI=1S/C17H10Cl2N2O4/c18-11-3-1-10(2-4-11)15-7-8-16(25-15)17(22)20-14-6-5-12(21(23)24)9-13(14)19/h1-9H,(H,20,22). The van der Waals surface area contributed by atoms with Gasteiger partial charge in [0.1, 0.15) is 5.76 Å². The molecular weight excluding hydrogens is 367 g/mol. The number of nitrogens with zero attached hydrogens (tertiary/aromatic N) is 1. The molecule has 0 fully saturated rings. The van der Waals surface area contributed by atoms with Crippen LogP contribution in [0.25, 0.3) is 11.3 Å². The molecular formula is C17H10Cl2N2O4. The van der Waals surface area contributed by atoms with E-state index in [-0.39, 0.29) is 22.2 Å². The number of amides is 1. The molecule has 25 heavy (non-hydrogen) atoms. The second kappa shape index (κ2) is 6.96.